The lowest BCUT2D eigenvalue weighted by Gasteiger charge is -2.37. The van der Waals surface area contributed by atoms with Crippen molar-refractivity contribution in [2.75, 3.05) is 36.0 Å². The molecule has 0 atom stereocenters. The molecule has 1 aliphatic carbocycles. The topological polar surface area (TPSA) is 74.2 Å². The molecule has 0 bridgehead atoms. The molecular formula is C20H24F3N5O2. The van der Waals surface area contributed by atoms with Crippen molar-refractivity contribution in [1.82, 2.24) is 14.5 Å². The van der Waals surface area contributed by atoms with E-state index in [4.69, 9.17) is 0 Å². The van der Waals surface area contributed by atoms with Crippen LogP contribution in [0.2, 0.25) is 0 Å². The fraction of sp³-hybridized carbons (Fsp3) is 0.550. The van der Waals surface area contributed by atoms with E-state index < -0.39 is 17.4 Å². The standard InChI is InChI=1S/C20H24F3N5O2/c21-20(22,23)15-7-4-8-24-18(15)27-11-9-26(10-12-27)16-13-17(29)28(19(30)25-16)14-5-2-1-3-6-14/h4,7-8,13-14H,1-3,5-6,9-12H2,(H,25,30). The Labute approximate surface area is 171 Å². The Balaban J connectivity index is 1.50. The second-order valence-electron chi connectivity index (χ2n) is 7.81. The van der Waals surface area contributed by atoms with E-state index in [9.17, 15) is 22.8 Å². The molecule has 1 aliphatic heterocycles. The minimum absolute atomic E-state index is 0.0640. The van der Waals surface area contributed by atoms with Crippen LogP contribution in [0.1, 0.15) is 43.7 Å². The molecule has 1 saturated heterocycles. The number of alkyl halides is 3. The number of halogens is 3. The van der Waals surface area contributed by atoms with Crippen molar-refractivity contribution in [3.8, 4) is 0 Å². The van der Waals surface area contributed by atoms with Crippen LogP contribution < -0.4 is 21.0 Å². The Morgan fingerprint density at radius 3 is 2.30 bits per heavy atom. The number of hydrogen-bond donors (Lipinski definition) is 1. The number of rotatable bonds is 3. The summed E-state index contributed by atoms with van der Waals surface area (Å²) in [7, 11) is 0. The lowest BCUT2D eigenvalue weighted by molar-refractivity contribution is -0.137. The molecule has 0 spiro atoms. The van der Waals surface area contributed by atoms with E-state index >= 15 is 0 Å². The Morgan fingerprint density at radius 1 is 1.00 bits per heavy atom. The number of nitrogens with one attached hydrogen (secondary N) is 1. The van der Waals surface area contributed by atoms with Gasteiger partial charge in [-0.1, -0.05) is 19.3 Å². The highest BCUT2D eigenvalue weighted by Gasteiger charge is 2.36. The minimum Gasteiger partial charge on any atom is -0.354 e. The molecular weight excluding hydrogens is 399 g/mol. The highest BCUT2D eigenvalue weighted by Crippen LogP contribution is 2.35. The van der Waals surface area contributed by atoms with Crippen molar-refractivity contribution in [1.29, 1.82) is 0 Å². The van der Waals surface area contributed by atoms with Gasteiger partial charge < -0.3 is 9.80 Å². The van der Waals surface area contributed by atoms with E-state index in [-0.39, 0.29) is 17.4 Å². The van der Waals surface area contributed by atoms with Crippen molar-refractivity contribution >= 4 is 11.6 Å². The maximum absolute atomic E-state index is 13.3. The summed E-state index contributed by atoms with van der Waals surface area (Å²) in [5.74, 6) is 0.319. The van der Waals surface area contributed by atoms with E-state index in [1.165, 1.54) is 22.9 Å². The second kappa shape index (κ2) is 8.16. The number of H-pyrrole nitrogens is 1. The molecule has 10 heteroatoms. The van der Waals surface area contributed by atoms with Crippen LogP contribution in [0.4, 0.5) is 24.8 Å². The number of aromatic nitrogens is 3. The van der Waals surface area contributed by atoms with Crippen LogP contribution in [0.5, 0.6) is 0 Å². The summed E-state index contributed by atoms with van der Waals surface area (Å²) in [4.78, 5) is 35.3. The summed E-state index contributed by atoms with van der Waals surface area (Å²) >= 11 is 0. The van der Waals surface area contributed by atoms with Gasteiger partial charge in [0.1, 0.15) is 11.6 Å². The zero-order valence-corrected chi connectivity index (χ0v) is 16.5. The highest BCUT2D eigenvalue weighted by molar-refractivity contribution is 5.50. The van der Waals surface area contributed by atoms with Crippen LogP contribution in [0, 0.1) is 0 Å². The predicted octanol–water partition coefficient (Wildman–Crippen LogP) is 2.78. The summed E-state index contributed by atoms with van der Waals surface area (Å²) in [6.07, 6.45) is 1.66. The molecule has 162 valence electrons. The van der Waals surface area contributed by atoms with E-state index in [1.807, 2.05) is 4.90 Å². The van der Waals surface area contributed by atoms with Crippen molar-refractivity contribution in [3.63, 3.8) is 0 Å². The number of piperazine rings is 1. The van der Waals surface area contributed by atoms with Crippen molar-refractivity contribution in [2.24, 2.45) is 0 Å². The van der Waals surface area contributed by atoms with Gasteiger partial charge in [0.25, 0.3) is 5.56 Å². The third kappa shape index (κ3) is 4.08. The average molecular weight is 423 g/mol. The molecule has 0 amide bonds. The van der Waals surface area contributed by atoms with Crippen LogP contribution in [0.3, 0.4) is 0 Å². The molecule has 2 aromatic rings. The molecule has 0 aromatic carbocycles. The van der Waals surface area contributed by atoms with Gasteiger partial charge in [0.15, 0.2) is 0 Å². The third-order valence-corrected chi connectivity index (χ3v) is 5.90. The number of pyridine rings is 1. The van der Waals surface area contributed by atoms with Gasteiger partial charge in [-0.25, -0.2) is 9.78 Å². The van der Waals surface area contributed by atoms with Crippen LogP contribution in [-0.2, 0) is 6.18 Å². The van der Waals surface area contributed by atoms with Gasteiger partial charge >= 0.3 is 11.9 Å². The maximum atomic E-state index is 13.3. The molecule has 1 N–H and O–H groups in total. The zero-order chi connectivity index (χ0) is 21.3. The SMILES string of the molecule is O=c1cc(N2CCN(c3ncccc3C(F)(F)F)CC2)[nH]c(=O)n1C1CCCCC1. The first kappa shape index (κ1) is 20.5. The van der Waals surface area contributed by atoms with Crippen LogP contribution >= 0.6 is 0 Å². The summed E-state index contributed by atoms with van der Waals surface area (Å²) in [6.45, 7) is 1.34. The van der Waals surface area contributed by atoms with Gasteiger partial charge in [0, 0.05) is 44.5 Å². The molecule has 1 saturated carbocycles. The van der Waals surface area contributed by atoms with Crippen molar-refractivity contribution in [3.05, 3.63) is 50.8 Å². The zero-order valence-electron chi connectivity index (χ0n) is 16.5. The van der Waals surface area contributed by atoms with E-state index in [0.29, 0.717) is 32.0 Å². The number of hydrogen-bond acceptors (Lipinski definition) is 5. The van der Waals surface area contributed by atoms with Gasteiger partial charge in [0.05, 0.1) is 5.56 Å². The third-order valence-electron chi connectivity index (χ3n) is 5.90. The molecule has 2 aliphatic rings. The summed E-state index contributed by atoms with van der Waals surface area (Å²) in [5, 5.41) is 0. The number of nitrogens with zero attached hydrogens (tertiary/aromatic N) is 4. The van der Waals surface area contributed by atoms with Crippen LogP contribution in [-0.4, -0.2) is 40.7 Å². The second-order valence-corrected chi connectivity index (χ2v) is 7.81. The minimum atomic E-state index is -4.48. The number of anilines is 2. The van der Waals surface area contributed by atoms with E-state index in [1.54, 1.807) is 4.90 Å². The molecule has 3 heterocycles. The Hall–Kier alpha value is -2.78. The fourth-order valence-corrected chi connectivity index (χ4v) is 4.38. The summed E-state index contributed by atoms with van der Waals surface area (Å²) in [5.41, 5.74) is -1.51. The van der Waals surface area contributed by atoms with Gasteiger partial charge in [-0.15, -0.1) is 0 Å². The molecule has 0 radical (unpaired) electrons. The monoisotopic (exact) mass is 423 g/mol. The highest BCUT2D eigenvalue weighted by atomic mass is 19.4. The predicted molar refractivity (Wildman–Crippen MR) is 107 cm³/mol. The molecule has 30 heavy (non-hydrogen) atoms. The molecule has 2 fully saturated rings. The largest absolute Gasteiger partial charge is 0.419 e. The maximum Gasteiger partial charge on any atom is 0.419 e. The average Bonchev–Trinajstić information content (AvgIpc) is 2.73. The lowest BCUT2D eigenvalue weighted by atomic mass is 9.95. The molecule has 0 unspecified atom stereocenters. The van der Waals surface area contributed by atoms with Crippen LogP contribution in [0.15, 0.2) is 34.0 Å². The van der Waals surface area contributed by atoms with E-state index in [0.717, 1.165) is 38.2 Å². The van der Waals surface area contributed by atoms with Gasteiger partial charge in [0.2, 0.25) is 0 Å². The number of aromatic amines is 1. The molecule has 4 rings (SSSR count). The Morgan fingerprint density at radius 2 is 1.67 bits per heavy atom. The fourth-order valence-electron chi connectivity index (χ4n) is 4.38. The first-order chi connectivity index (χ1) is 14.3. The van der Waals surface area contributed by atoms with Gasteiger partial charge in [-0.3, -0.25) is 14.3 Å². The Bertz CT molecular complexity index is 971. The van der Waals surface area contributed by atoms with Crippen LogP contribution in [0.25, 0.3) is 0 Å². The normalized spacial score (nSPS) is 18.6. The van der Waals surface area contributed by atoms with E-state index in [2.05, 4.69) is 9.97 Å². The van der Waals surface area contributed by atoms with Gasteiger partial charge in [-0.2, -0.15) is 13.2 Å². The molecule has 2 aromatic heterocycles. The summed E-state index contributed by atoms with van der Waals surface area (Å²) < 4.78 is 41.1. The quantitative estimate of drug-likeness (QED) is 0.822. The lowest BCUT2D eigenvalue weighted by Crippen LogP contribution is -2.49. The molecule has 7 nitrogen and oxygen atoms in total. The van der Waals surface area contributed by atoms with Crippen molar-refractivity contribution in [2.45, 2.75) is 44.3 Å². The summed E-state index contributed by atoms with van der Waals surface area (Å²) in [6, 6.07) is 3.66. The van der Waals surface area contributed by atoms with Gasteiger partial charge in [-0.05, 0) is 25.0 Å². The smallest absolute Gasteiger partial charge is 0.354 e. The first-order valence-electron chi connectivity index (χ1n) is 10.2. The Kier molecular flexibility index (Phi) is 5.57. The first-order valence-corrected chi connectivity index (χ1v) is 10.2. The van der Waals surface area contributed by atoms with Crippen molar-refractivity contribution < 1.29 is 13.2 Å².